The van der Waals surface area contributed by atoms with Crippen LogP contribution in [-0.4, -0.2) is 50.8 Å². The number of amides is 2. The van der Waals surface area contributed by atoms with Gasteiger partial charge in [0.15, 0.2) is 5.58 Å². The number of nitrogens with one attached hydrogen (secondary N) is 2. The third-order valence-electron chi connectivity index (χ3n) is 7.68. The first kappa shape index (κ1) is 27.6. The molecular weight excluding hydrogens is 546 g/mol. The summed E-state index contributed by atoms with van der Waals surface area (Å²) in [5, 5.41) is 15.9. The molecule has 0 bridgehead atoms. The van der Waals surface area contributed by atoms with Crippen LogP contribution in [0.1, 0.15) is 33.0 Å². The molecule has 6 rings (SSSR count). The van der Waals surface area contributed by atoms with Crippen LogP contribution < -0.4 is 10.6 Å². The molecule has 3 heterocycles. The number of aromatic nitrogens is 2. The minimum atomic E-state index is -0.950. The second-order valence-corrected chi connectivity index (χ2v) is 10.6. The summed E-state index contributed by atoms with van der Waals surface area (Å²) in [5.74, 6) is -2.48. The molecule has 10 heteroatoms. The molecule has 216 valence electrons. The lowest BCUT2D eigenvalue weighted by Crippen LogP contribution is -2.29. The zero-order valence-electron chi connectivity index (χ0n) is 23.4. The molecule has 0 radical (unpaired) electrons. The Morgan fingerprint density at radius 2 is 1.74 bits per heavy atom. The summed E-state index contributed by atoms with van der Waals surface area (Å²) < 4.78 is 5.88. The fourth-order valence-electron chi connectivity index (χ4n) is 5.40. The van der Waals surface area contributed by atoms with Crippen molar-refractivity contribution in [1.29, 1.82) is 0 Å². The van der Waals surface area contributed by atoms with Gasteiger partial charge in [-0.3, -0.25) is 19.4 Å². The Balaban J connectivity index is 1.09. The number of carbonyl (C=O) groups excluding carboxylic acids is 2. The summed E-state index contributed by atoms with van der Waals surface area (Å²) in [7, 11) is 0. The minimum absolute atomic E-state index is 0.124. The summed E-state index contributed by atoms with van der Waals surface area (Å²) in [6, 6.07) is 24.0. The van der Waals surface area contributed by atoms with Gasteiger partial charge in [-0.05, 0) is 66.1 Å². The molecule has 0 saturated carbocycles. The van der Waals surface area contributed by atoms with Crippen LogP contribution in [0.2, 0.25) is 0 Å². The number of para-hydroxylation sites is 1. The molecule has 10 nitrogen and oxygen atoms in total. The number of pyridine rings is 1. The molecule has 2 amide bonds. The number of carbonyl (C=O) groups is 3. The standard InChI is InChI=1S/C33H29N5O5/c1-20-4-2-3-5-27(20)36-33-37-28-11-6-21(16-29(28)43-33)17-30(39)35-24-9-7-22(8-10-24)25-18-38(19-26(25)32(41)42)31(40)23-12-14-34-15-13-23/h2-16,25-26H,17-19H2,1H3,(H,35,39)(H,36,37)(H,41,42). The lowest BCUT2D eigenvalue weighted by Gasteiger charge is -2.17. The molecule has 0 spiro atoms. The maximum absolute atomic E-state index is 12.9. The quantitative estimate of drug-likeness (QED) is 0.224. The number of likely N-dealkylation sites (tertiary alicyclic amines) is 1. The Morgan fingerprint density at radius 3 is 2.49 bits per heavy atom. The van der Waals surface area contributed by atoms with Crippen molar-refractivity contribution in [3.8, 4) is 0 Å². The van der Waals surface area contributed by atoms with Gasteiger partial charge in [-0.1, -0.05) is 36.4 Å². The Kier molecular flexibility index (Phi) is 7.57. The molecule has 0 aliphatic carbocycles. The number of anilines is 3. The summed E-state index contributed by atoms with van der Waals surface area (Å²) in [6.07, 6.45) is 3.21. The highest BCUT2D eigenvalue weighted by Crippen LogP contribution is 2.34. The molecule has 43 heavy (non-hydrogen) atoms. The molecule has 1 saturated heterocycles. The van der Waals surface area contributed by atoms with Crippen molar-refractivity contribution in [1.82, 2.24) is 14.9 Å². The van der Waals surface area contributed by atoms with E-state index in [1.165, 1.54) is 12.4 Å². The van der Waals surface area contributed by atoms with Gasteiger partial charge in [0.1, 0.15) is 5.52 Å². The first-order valence-corrected chi connectivity index (χ1v) is 13.9. The number of oxazole rings is 1. The van der Waals surface area contributed by atoms with Crippen LogP contribution in [0.15, 0.2) is 95.7 Å². The van der Waals surface area contributed by atoms with E-state index in [1.807, 2.05) is 43.3 Å². The van der Waals surface area contributed by atoms with E-state index in [2.05, 4.69) is 20.6 Å². The molecule has 1 aliphatic heterocycles. The van der Waals surface area contributed by atoms with Crippen LogP contribution in [0.25, 0.3) is 11.1 Å². The number of nitrogens with zero attached hydrogens (tertiary/aromatic N) is 3. The maximum Gasteiger partial charge on any atom is 0.308 e. The number of aliphatic carboxylic acids is 1. The fraction of sp³-hybridized carbons (Fsp3) is 0.182. The number of hydrogen-bond acceptors (Lipinski definition) is 7. The van der Waals surface area contributed by atoms with Gasteiger partial charge < -0.3 is 25.1 Å². The Hall–Kier alpha value is -5.51. The number of benzene rings is 3. The van der Waals surface area contributed by atoms with Crippen molar-refractivity contribution in [2.24, 2.45) is 5.92 Å². The van der Waals surface area contributed by atoms with Crippen molar-refractivity contribution in [3.05, 3.63) is 114 Å². The van der Waals surface area contributed by atoms with Crippen molar-refractivity contribution >= 4 is 46.3 Å². The molecule has 3 aromatic carbocycles. The second kappa shape index (κ2) is 11.8. The van der Waals surface area contributed by atoms with Gasteiger partial charge >= 0.3 is 5.97 Å². The van der Waals surface area contributed by atoms with E-state index in [0.717, 1.165) is 22.4 Å². The lowest BCUT2D eigenvalue weighted by atomic mass is 9.89. The molecule has 1 aliphatic rings. The van der Waals surface area contributed by atoms with Gasteiger partial charge in [-0.15, -0.1) is 0 Å². The first-order valence-electron chi connectivity index (χ1n) is 13.9. The van der Waals surface area contributed by atoms with Crippen LogP contribution in [0.4, 0.5) is 17.4 Å². The minimum Gasteiger partial charge on any atom is -0.481 e. The lowest BCUT2D eigenvalue weighted by molar-refractivity contribution is -0.141. The van der Waals surface area contributed by atoms with E-state index < -0.39 is 11.9 Å². The van der Waals surface area contributed by atoms with E-state index in [-0.39, 0.29) is 37.2 Å². The van der Waals surface area contributed by atoms with Crippen LogP contribution >= 0.6 is 0 Å². The first-order chi connectivity index (χ1) is 20.8. The largest absolute Gasteiger partial charge is 0.481 e. The number of carboxylic acids is 1. The van der Waals surface area contributed by atoms with Crippen molar-refractivity contribution in [2.45, 2.75) is 19.3 Å². The van der Waals surface area contributed by atoms with Gasteiger partial charge in [0.2, 0.25) is 5.91 Å². The van der Waals surface area contributed by atoms with Crippen LogP contribution in [-0.2, 0) is 16.0 Å². The van der Waals surface area contributed by atoms with Gasteiger partial charge in [0, 0.05) is 48.3 Å². The van der Waals surface area contributed by atoms with E-state index in [1.54, 1.807) is 47.4 Å². The average molecular weight is 576 g/mol. The Labute approximate surface area is 247 Å². The highest BCUT2D eigenvalue weighted by molar-refractivity contribution is 5.95. The number of rotatable bonds is 8. The van der Waals surface area contributed by atoms with E-state index in [4.69, 9.17) is 4.42 Å². The van der Waals surface area contributed by atoms with Gasteiger partial charge in [-0.2, -0.15) is 4.98 Å². The third kappa shape index (κ3) is 6.08. The molecule has 3 N–H and O–H groups in total. The summed E-state index contributed by atoms with van der Waals surface area (Å²) in [6.45, 7) is 2.41. The monoisotopic (exact) mass is 575 g/mol. The zero-order chi connectivity index (χ0) is 29.9. The molecule has 1 fully saturated rings. The SMILES string of the molecule is Cc1ccccc1Nc1nc2ccc(CC(=O)Nc3ccc(C4CN(C(=O)c5ccncc5)CC4C(=O)O)cc3)cc2o1. The van der Waals surface area contributed by atoms with Crippen molar-refractivity contribution in [3.63, 3.8) is 0 Å². The van der Waals surface area contributed by atoms with Crippen molar-refractivity contribution < 1.29 is 23.9 Å². The molecule has 2 aromatic heterocycles. The normalized spacial score (nSPS) is 16.3. The summed E-state index contributed by atoms with van der Waals surface area (Å²) >= 11 is 0. The average Bonchev–Trinajstić information content (AvgIpc) is 3.63. The topological polar surface area (TPSA) is 138 Å². The van der Waals surface area contributed by atoms with Crippen LogP contribution in [0.3, 0.4) is 0 Å². The number of fused-ring (bicyclic) bond motifs is 1. The number of aryl methyl sites for hydroxylation is 1. The van der Waals surface area contributed by atoms with E-state index in [9.17, 15) is 19.5 Å². The van der Waals surface area contributed by atoms with E-state index >= 15 is 0 Å². The van der Waals surface area contributed by atoms with Crippen LogP contribution in [0.5, 0.6) is 0 Å². The summed E-state index contributed by atoms with van der Waals surface area (Å²) in [5.41, 5.74) is 5.86. The van der Waals surface area contributed by atoms with E-state index in [0.29, 0.717) is 28.4 Å². The highest BCUT2D eigenvalue weighted by Gasteiger charge is 2.40. The maximum atomic E-state index is 12.9. The predicted octanol–water partition coefficient (Wildman–Crippen LogP) is 5.40. The fourth-order valence-corrected chi connectivity index (χ4v) is 5.40. The zero-order valence-corrected chi connectivity index (χ0v) is 23.4. The highest BCUT2D eigenvalue weighted by atomic mass is 16.4. The molecule has 2 unspecified atom stereocenters. The Bertz CT molecular complexity index is 1800. The van der Waals surface area contributed by atoms with Crippen LogP contribution in [0, 0.1) is 12.8 Å². The van der Waals surface area contributed by atoms with Crippen molar-refractivity contribution in [2.75, 3.05) is 23.7 Å². The van der Waals surface area contributed by atoms with Gasteiger partial charge in [0.25, 0.3) is 11.9 Å². The second-order valence-electron chi connectivity index (χ2n) is 10.6. The third-order valence-corrected chi connectivity index (χ3v) is 7.68. The molecular formula is C33H29N5O5. The number of hydrogen-bond donors (Lipinski definition) is 3. The van der Waals surface area contributed by atoms with Gasteiger partial charge in [-0.25, -0.2) is 0 Å². The summed E-state index contributed by atoms with van der Waals surface area (Å²) in [4.78, 5) is 47.8. The van der Waals surface area contributed by atoms with Gasteiger partial charge in [0.05, 0.1) is 12.3 Å². The predicted molar refractivity (Wildman–Crippen MR) is 161 cm³/mol. The Morgan fingerprint density at radius 1 is 0.977 bits per heavy atom. The molecule has 2 atom stereocenters. The number of carboxylic acid groups (broad SMARTS) is 1. The molecule has 5 aromatic rings. The smallest absolute Gasteiger partial charge is 0.308 e.